The van der Waals surface area contributed by atoms with E-state index in [1.165, 1.54) is 49.9 Å². The largest absolute Gasteiger partial charge is 0.487 e. The average molecular weight is 526 g/mol. The fraction of sp³-hybridized carbons (Fsp3) is 0.633. The molecule has 8 heteroatoms. The Hall–Kier alpha value is -2.71. The molecule has 3 aromatic rings. The van der Waals surface area contributed by atoms with E-state index in [1.807, 2.05) is 12.3 Å². The van der Waals surface area contributed by atoms with Crippen LogP contribution < -0.4 is 10.4 Å². The van der Waals surface area contributed by atoms with Crippen molar-refractivity contribution in [3.63, 3.8) is 0 Å². The van der Waals surface area contributed by atoms with Crippen molar-refractivity contribution in [2.24, 2.45) is 0 Å². The number of fused-ring (bicyclic) bond motifs is 2. The lowest BCUT2D eigenvalue weighted by Crippen LogP contribution is -2.48. The van der Waals surface area contributed by atoms with Crippen LogP contribution in [0.15, 0.2) is 33.6 Å². The van der Waals surface area contributed by atoms with Crippen molar-refractivity contribution in [2.45, 2.75) is 91.9 Å². The number of nitrogens with zero attached hydrogens (tertiary/aromatic N) is 4. The van der Waals surface area contributed by atoms with E-state index < -0.39 is 0 Å². The van der Waals surface area contributed by atoms with Gasteiger partial charge in [-0.3, -0.25) is 0 Å². The average Bonchev–Trinajstić information content (AvgIpc) is 3.34. The Morgan fingerprint density at radius 3 is 2.58 bits per heavy atom. The molecule has 208 valence electrons. The van der Waals surface area contributed by atoms with E-state index >= 15 is 0 Å². The molecular weight excluding hydrogens is 480 g/mol. The van der Waals surface area contributed by atoms with Crippen LogP contribution in [0, 0.1) is 0 Å². The molecule has 0 spiro atoms. The summed E-state index contributed by atoms with van der Waals surface area (Å²) in [5.41, 5.74) is 2.73. The number of hydrogen-bond donors (Lipinski definition) is 0. The van der Waals surface area contributed by atoms with E-state index in [-0.39, 0.29) is 11.2 Å². The third-order valence-electron chi connectivity index (χ3n) is 8.25. The Balaban J connectivity index is 1.27. The summed E-state index contributed by atoms with van der Waals surface area (Å²) in [6.45, 7) is 17.6. The number of ether oxygens (including phenoxy) is 2. The van der Waals surface area contributed by atoms with Gasteiger partial charge in [0.05, 0.1) is 45.5 Å². The van der Waals surface area contributed by atoms with Gasteiger partial charge < -0.3 is 18.4 Å². The molecule has 2 aromatic heterocycles. The van der Waals surface area contributed by atoms with E-state index in [9.17, 15) is 4.79 Å². The minimum Gasteiger partial charge on any atom is -0.487 e. The lowest BCUT2D eigenvalue weighted by atomic mass is 9.93. The maximum absolute atomic E-state index is 12.3. The number of aromatic nitrogens is 3. The van der Waals surface area contributed by atoms with Crippen LogP contribution in [0.3, 0.4) is 0 Å². The molecule has 0 N–H and O–H groups in total. The molecule has 38 heavy (non-hydrogen) atoms. The Morgan fingerprint density at radius 2 is 1.82 bits per heavy atom. The van der Waals surface area contributed by atoms with E-state index in [0.29, 0.717) is 18.7 Å². The van der Waals surface area contributed by atoms with Crippen LogP contribution in [-0.4, -0.2) is 57.9 Å². The first-order chi connectivity index (χ1) is 18.3. The second kappa shape index (κ2) is 12.4. The molecule has 1 aliphatic rings. The zero-order valence-electron chi connectivity index (χ0n) is 23.9. The van der Waals surface area contributed by atoms with Crippen molar-refractivity contribution >= 4 is 11.0 Å². The monoisotopic (exact) mass is 525 g/mol. The topological polar surface area (TPSA) is 79.4 Å². The van der Waals surface area contributed by atoms with Crippen molar-refractivity contribution in [1.29, 1.82) is 0 Å². The van der Waals surface area contributed by atoms with Crippen LogP contribution in [0.2, 0.25) is 0 Å². The van der Waals surface area contributed by atoms with E-state index in [1.54, 1.807) is 10.7 Å². The van der Waals surface area contributed by atoms with Crippen molar-refractivity contribution in [1.82, 2.24) is 15.0 Å². The first-order valence-corrected chi connectivity index (χ1v) is 14.4. The molecule has 1 aromatic carbocycles. The summed E-state index contributed by atoms with van der Waals surface area (Å²) >= 11 is 0. The Bertz CT molecular complexity index is 1250. The number of quaternary nitrogens is 1. The highest BCUT2D eigenvalue weighted by Gasteiger charge is 2.27. The summed E-state index contributed by atoms with van der Waals surface area (Å²) in [6.07, 6.45) is 8.56. The molecule has 1 aliphatic heterocycles. The Morgan fingerprint density at radius 1 is 1.05 bits per heavy atom. The molecule has 0 saturated heterocycles. The Labute approximate surface area is 226 Å². The van der Waals surface area contributed by atoms with Crippen molar-refractivity contribution in [3.8, 4) is 5.75 Å². The number of hydrogen-bond acceptors (Lipinski definition) is 6. The number of rotatable bonds is 14. The van der Waals surface area contributed by atoms with Gasteiger partial charge in [0, 0.05) is 24.1 Å². The summed E-state index contributed by atoms with van der Waals surface area (Å²) in [7, 11) is 0. The zero-order chi connectivity index (χ0) is 27.2. The van der Waals surface area contributed by atoms with Gasteiger partial charge in [0.1, 0.15) is 22.6 Å². The molecule has 8 nitrogen and oxygen atoms in total. The SMILES string of the molecule is CC[N+](CC)(CC)CCCCCCOCc1cn(Cc2cc(=O)oc3cc4c(cc23)CCC(C)(C)O4)nn1. The van der Waals surface area contributed by atoms with Crippen LogP contribution in [0.1, 0.15) is 83.5 Å². The predicted molar refractivity (Wildman–Crippen MR) is 150 cm³/mol. The highest BCUT2D eigenvalue weighted by atomic mass is 16.5. The molecule has 0 fully saturated rings. The number of unbranched alkanes of at least 4 members (excludes halogenated alkanes) is 3. The van der Waals surface area contributed by atoms with Gasteiger partial charge in [0.2, 0.25) is 0 Å². The molecule has 0 bridgehead atoms. The van der Waals surface area contributed by atoms with Gasteiger partial charge in [-0.1, -0.05) is 11.6 Å². The molecule has 4 rings (SSSR count). The van der Waals surface area contributed by atoms with Gasteiger partial charge in [0.25, 0.3) is 0 Å². The van der Waals surface area contributed by atoms with Crippen LogP contribution in [0.4, 0.5) is 0 Å². The minimum atomic E-state index is -0.380. The molecule has 0 aliphatic carbocycles. The normalized spacial score (nSPS) is 15.0. The van der Waals surface area contributed by atoms with Crippen LogP contribution in [-0.2, 0) is 24.3 Å². The van der Waals surface area contributed by atoms with Crippen molar-refractivity contribution in [3.05, 3.63) is 51.6 Å². The third kappa shape index (κ3) is 7.03. The predicted octanol–water partition coefficient (Wildman–Crippen LogP) is 5.49. The molecule has 0 amide bonds. The summed E-state index contributed by atoms with van der Waals surface area (Å²) in [6, 6.07) is 5.49. The van der Waals surface area contributed by atoms with Gasteiger partial charge in [0.15, 0.2) is 0 Å². The smallest absolute Gasteiger partial charge is 0.336 e. The maximum Gasteiger partial charge on any atom is 0.336 e. The minimum absolute atomic E-state index is 0.220. The van der Waals surface area contributed by atoms with Crippen molar-refractivity contribution in [2.75, 3.05) is 32.8 Å². The summed E-state index contributed by atoms with van der Waals surface area (Å²) in [5.74, 6) is 0.796. The molecule has 0 atom stereocenters. The second-order valence-corrected chi connectivity index (χ2v) is 11.3. The van der Waals surface area contributed by atoms with Crippen LogP contribution in [0.5, 0.6) is 5.75 Å². The summed E-state index contributed by atoms with van der Waals surface area (Å²) in [4.78, 5) is 12.3. The second-order valence-electron chi connectivity index (χ2n) is 11.3. The highest BCUT2D eigenvalue weighted by molar-refractivity contribution is 5.83. The van der Waals surface area contributed by atoms with Crippen LogP contribution >= 0.6 is 0 Å². The van der Waals surface area contributed by atoms with Crippen molar-refractivity contribution < 1.29 is 18.4 Å². The summed E-state index contributed by atoms with van der Waals surface area (Å²) in [5, 5.41) is 9.45. The first kappa shape index (κ1) is 28.3. The standard InChI is InChI=1S/C30H45N4O4/c1-6-34(7-2,8-3)15-11-9-10-12-16-36-22-25-21-33(32-31-25)20-24-18-29(35)37-28-19-27-23(17-26(24)28)13-14-30(4,5)38-27/h17-19,21H,6-16,20,22H2,1-5H3/q+1. The first-order valence-electron chi connectivity index (χ1n) is 14.4. The van der Waals surface area contributed by atoms with Gasteiger partial charge in [-0.2, -0.15) is 0 Å². The van der Waals surface area contributed by atoms with Gasteiger partial charge in [-0.15, -0.1) is 5.10 Å². The molecule has 0 unspecified atom stereocenters. The van der Waals surface area contributed by atoms with Gasteiger partial charge >= 0.3 is 5.63 Å². The lowest BCUT2D eigenvalue weighted by Gasteiger charge is -2.35. The van der Waals surface area contributed by atoms with E-state index in [0.717, 1.165) is 53.8 Å². The van der Waals surface area contributed by atoms with E-state index in [2.05, 4.69) is 51.0 Å². The fourth-order valence-electron chi connectivity index (χ4n) is 5.49. The quantitative estimate of drug-likeness (QED) is 0.157. The lowest BCUT2D eigenvalue weighted by molar-refractivity contribution is -0.923. The third-order valence-corrected chi connectivity index (χ3v) is 8.25. The maximum atomic E-state index is 12.3. The highest BCUT2D eigenvalue weighted by Crippen LogP contribution is 2.36. The fourth-order valence-corrected chi connectivity index (χ4v) is 5.49. The van der Waals surface area contributed by atoms with Crippen LogP contribution in [0.25, 0.3) is 11.0 Å². The molecular formula is C30H45N4O4+. The zero-order valence-corrected chi connectivity index (χ0v) is 23.9. The van der Waals surface area contributed by atoms with Gasteiger partial charge in [-0.25, -0.2) is 9.48 Å². The molecule has 3 heterocycles. The van der Waals surface area contributed by atoms with Gasteiger partial charge in [-0.05, 0) is 83.9 Å². The molecule has 0 radical (unpaired) electrons. The Kier molecular flexibility index (Phi) is 9.26. The van der Waals surface area contributed by atoms with E-state index in [4.69, 9.17) is 13.9 Å². The number of aryl methyl sites for hydroxylation is 1. The summed E-state index contributed by atoms with van der Waals surface area (Å²) < 4.78 is 20.5. The number of benzene rings is 1. The molecule has 0 saturated carbocycles.